The molecule has 1 aromatic heterocycles. The molecule has 4 rings (SSSR count). The van der Waals surface area contributed by atoms with Crippen LogP contribution in [0.5, 0.6) is 0 Å². The minimum absolute atomic E-state index is 0.200. The number of allylic oxidation sites excluding steroid dienone is 1. The van der Waals surface area contributed by atoms with Crippen LogP contribution in [0.1, 0.15) is 59.9 Å². The van der Waals surface area contributed by atoms with Gasteiger partial charge in [-0.15, -0.1) is 0 Å². The topological polar surface area (TPSA) is 46.9 Å². The van der Waals surface area contributed by atoms with E-state index in [1.807, 2.05) is 19.1 Å². The Bertz CT molecular complexity index is 1170. The first-order valence-corrected chi connectivity index (χ1v) is 11.6. The first-order chi connectivity index (χ1) is 15.5. The molecule has 0 spiro atoms. The Labute approximate surface area is 197 Å². The third-order valence-electron chi connectivity index (χ3n) is 5.56. The number of aromatic nitrogens is 2. The van der Waals surface area contributed by atoms with E-state index in [9.17, 15) is 9.18 Å². The van der Waals surface area contributed by atoms with Crippen LogP contribution in [0.4, 0.5) is 4.39 Å². The fraction of sp³-hybridized carbons (Fsp3) is 0.280. The average molecular weight is 472 g/mol. The maximum absolute atomic E-state index is 13.4. The molecule has 3 aromatic rings. The van der Waals surface area contributed by atoms with E-state index in [0.29, 0.717) is 28.0 Å². The molecule has 166 valence electrons. The van der Waals surface area contributed by atoms with Crippen molar-refractivity contribution in [3.05, 3.63) is 80.8 Å². The highest BCUT2D eigenvalue weighted by Crippen LogP contribution is 2.36. The van der Waals surface area contributed by atoms with Gasteiger partial charge in [-0.05, 0) is 80.2 Å². The second-order valence-electron chi connectivity index (χ2n) is 7.82. The lowest BCUT2D eigenvalue weighted by Gasteiger charge is -2.17. The van der Waals surface area contributed by atoms with Crippen molar-refractivity contribution in [1.82, 2.24) is 15.1 Å². The molecule has 0 radical (unpaired) electrons. The Morgan fingerprint density at radius 2 is 1.88 bits per heavy atom. The number of carbonyl (C=O) groups excluding carboxylic acids is 1. The quantitative estimate of drug-likeness (QED) is 0.458. The smallest absolute Gasteiger partial charge is 0.272 e. The fourth-order valence-corrected chi connectivity index (χ4v) is 4.57. The van der Waals surface area contributed by atoms with Crippen molar-refractivity contribution < 1.29 is 9.18 Å². The molecule has 1 N–H and O–H groups in total. The molecule has 0 bridgehead atoms. The maximum atomic E-state index is 13.4. The number of nitrogens with zero attached hydrogens (tertiary/aromatic N) is 2. The Morgan fingerprint density at radius 1 is 1.12 bits per heavy atom. The Morgan fingerprint density at radius 3 is 2.59 bits per heavy atom. The second-order valence-corrected chi connectivity index (χ2v) is 8.67. The molecule has 0 saturated carbocycles. The molecular weight excluding hydrogens is 448 g/mol. The molecule has 0 saturated heterocycles. The predicted octanol–water partition coefficient (Wildman–Crippen LogP) is 6.73. The standard InChI is InChI=1S/C25H24Cl2FN3O/c1-2-29-25(32)23-20-7-5-3-4-6-17(14-16-8-11-19(28)12-9-16)24(20)31(30-23)22-13-10-18(26)15-21(22)27/h8-15H,2-7H2,1H3,(H,29,32)/b17-14+. The Balaban J connectivity index is 1.96. The molecule has 0 aliphatic heterocycles. The molecule has 7 heteroatoms. The summed E-state index contributed by atoms with van der Waals surface area (Å²) in [6.07, 6.45) is 6.66. The number of amides is 1. The van der Waals surface area contributed by atoms with Crippen LogP contribution in [0.15, 0.2) is 42.5 Å². The van der Waals surface area contributed by atoms with Crippen molar-refractivity contribution in [2.45, 2.75) is 39.0 Å². The summed E-state index contributed by atoms with van der Waals surface area (Å²) >= 11 is 12.7. The molecule has 0 fully saturated rings. The largest absolute Gasteiger partial charge is 0.351 e. The molecule has 1 amide bonds. The van der Waals surface area contributed by atoms with Crippen LogP contribution in [0, 0.1) is 5.82 Å². The molecule has 1 aliphatic rings. The lowest BCUT2D eigenvalue weighted by Crippen LogP contribution is -2.24. The van der Waals surface area contributed by atoms with Gasteiger partial charge in [0.05, 0.1) is 16.4 Å². The van der Waals surface area contributed by atoms with Gasteiger partial charge in [-0.25, -0.2) is 9.07 Å². The van der Waals surface area contributed by atoms with Gasteiger partial charge >= 0.3 is 0 Å². The van der Waals surface area contributed by atoms with Gasteiger partial charge in [-0.3, -0.25) is 4.79 Å². The van der Waals surface area contributed by atoms with E-state index in [1.165, 1.54) is 12.1 Å². The van der Waals surface area contributed by atoms with Crippen LogP contribution in [-0.4, -0.2) is 22.2 Å². The number of fused-ring (bicyclic) bond motifs is 1. The van der Waals surface area contributed by atoms with Gasteiger partial charge in [0.2, 0.25) is 0 Å². The van der Waals surface area contributed by atoms with E-state index in [2.05, 4.69) is 5.32 Å². The summed E-state index contributed by atoms with van der Waals surface area (Å²) in [5, 5.41) is 8.59. The molecule has 2 aromatic carbocycles. The summed E-state index contributed by atoms with van der Waals surface area (Å²) in [7, 11) is 0. The van der Waals surface area contributed by atoms with Gasteiger partial charge in [0.1, 0.15) is 5.82 Å². The summed E-state index contributed by atoms with van der Waals surface area (Å²) in [5.74, 6) is -0.476. The number of rotatable bonds is 4. The third kappa shape index (κ3) is 4.74. The van der Waals surface area contributed by atoms with Crippen molar-refractivity contribution in [2.75, 3.05) is 6.54 Å². The highest BCUT2D eigenvalue weighted by molar-refractivity contribution is 6.35. The Kier molecular flexibility index (Phi) is 6.97. The average Bonchev–Trinajstić information content (AvgIpc) is 3.11. The van der Waals surface area contributed by atoms with Gasteiger partial charge in [-0.2, -0.15) is 5.10 Å². The zero-order chi connectivity index (χ0) is 22.7. The van der Waals surface area contributed by atoms with Crippen LogP contribution in [0.25, 0.3) is 17.3 Å². The minimum Gasteiger partial charge on any atom is -0.351 e. The van der Waals surface area contributed by atoms with Crippen molar-refractivity contribution in [3.8, 4) is 5.69 Å². The van der Waals surface area contributed by atoms with E-state index in [-0.39, 0.29) is 11.7 Å². The number of halogens is 3. The summed E-state index contributed by atoms with van der Waals surface area (Å²) in [6.45, 7) is 2.40. The van der Waals surface area contributed by atoms with Gasteiger partial charge in [-0.1, -0.05) is 41.8 Å². The first-order valence-electron chi connectivity index (χ1n) is 10.8. The van der Waals surface area contributed by atoms with E-state index in [4.69, 9.17) is 28.3 Å². The van der Waals surface area contributed by atoms with Crippen molar-refractivity contribution in [2.24, 2.45) is 0 Å². The van der Waals surface area contributed by atoms with Crippen molar-refractivity contribution in [3.63, 3.8) is 0 Å². The van der Waals surface area contributed by atoms with Gasteiger partial charge in [0.15, 0.2) is 5.69 Å². The van der Waals surface area contributed by atoms with Gasteiger partial charge in [0.25, 0.3) is 5.91 Å². The molecule has 32 heavy (non-hydrogen) atoms. The van der Waals surface area contributed by atoms with Crippen LogP contribution >= 0.6 is 23.2 Å². The van der Waals surface area contributed by atoms with Crippen molar-refractivity contribution >= 4 is 40.8 Å². The molecule has 1 aliphatic carbocycles. The highest BCUT2D eigenvalue weighted by atomic mass is 35.5. The fourth-order valence-electron chi connectivity index (χ4n) is 4.08. The first kappa shape index (κ1) is 22.6. The number of benzene rings is 2. The zero-order valence-corrected chi connectivity index (χ0v) is 19.3. The number of nitrogens with one attached hydrogen (secondary N) is 1. The van der Waals surface area contributed by atoms with Gasteiger partial charge in [0, 0.05) is 17.1 Å². The minimum atomic E-state index is -0.276. The summed E-state index contributed by atoms with van der Waals surface area (Å²) < 4.78 is 15.2. The lowest BCUT2D eigenvalue weighted by atomic mass is 9.91. The monoisotopic (exact) mass is 471 g/mol. The highest BCUT2D eigenvalue weighted by Gasteiger charge is 2.27. The van der Waals surface area contributed by atoms with E-state index < -0.39 is 0 Å². The lowest BCUT2D eigenvalue weighted by molar-refractivity contribution is 0.0949. The van der Waals surface area contributed by atoms with Crippen LogP contribution in [-0.2, 0) is 6.42 Å². The normalized spacial score (nSPS) is 15.2. The van der Waals surface area contributed by atoms with Gasteiger partial charge < -0.3 is 5.32 Å². The zero-order valence-electron chi connectivity index (χ0n) is 17.8. The summed E-state index contributed by atoms with van der Waals surface area (Å²) in [4.78, 5) is 12.9. The molecule has 4 nitrogen and oxygen atoms in total. The molecule has 0 atom stereocenters. The number of hydrogen-bond acceptors (Lipinski definition) is 2. The second kappa shape index (κ2) is 9.88. The van der Waals surface area contributed by atoms with Crippen molar-refractivity contribution in [1.29, 1.82) is 0 Å². The van der Waals surface area contributed by atoms with Crippen LogP contribution < -0.4 is 5.32 Å². The SMILES string of the molecule is CCNC(=O)c1nn(-c2ccc(Cl)cc2Cl)c2c1CCCCC/C2=C\c1ccc(F)cc1. The maximum Gasteiger partial charge on any atom is 0.272 e. The molecule has 1 heterocycles. The molecular formula is C25H24Cl2FN3O. The van der Waals surface area contributed by atoms with E-state index in [0.717, 1.165) is 54.5 Å². The van der Waals surface area contributed by atoms with Crippen LogP contribution in [0.2, 0.25) is 10.0 Å². The number of hydrogen-bond donors (Lipinski definition) is 1. The third-order valence-corrected chi connectivity index (χ3v) is 6.10. The Hall–Kier alpha value is -2.63. The molecule has 0 unspecified atom stereocenters. The number of carbonyl (C=O) groups is 1. The van der Waals surface area contributed by atoms with E-state index >= 15 is 0 Å². The summed E-state index contributed by atoms with van der Waals surface area (Å²) in [6, 6.07) is 11.6. The van der Waals surface area contributed by atoms with Crippen LogP contribution in [0.3, 0.4) is 0 Å². The van der Waals surface area contributed by atoms with E-state index in [1.54, 1.807) is 28.9 Å². The summed E-state index contributed by atoms with van der Waals surface area (Å²) in [5.41, 5.74) is 4.80. The predicted molar refractivity (Wildman–Crippen MR) is 128 cm³/mol.